The molecule has 0 aromatic heterocycles. The highest BCUT2D eigenvalue weighted by Gasteiger charge is 2.10. The van der Waals surface area contributed by atoms with Crippen molar-refractivity contribution in [2.45, 2.75) is 30.6 Å². The van der Waals surface area contributed by atoms with Crippen LogP contribution < -0.4 is 0 Å². The molecular weight excluding hydrogens is 359 g/mol. The van der Waals surface area contributed by atoms with Crippen LogP contribution in [0.25, 0.3) is 0 Å². The molecule has 0 aliphatic rings. The van der Waals surface area contributed by atoms with E-state index < -0.39 is 0 Å². The number of alkyl halides is 1. The van der Waals surface area contributed by atoms with Crippen molar-refractivity contribution < 1.29 is 4.79 Å². The molecule has 1 atom stereocenters. The fourth-order valence-corrected chi connectivity index (χ4v) is 2.50. The lowest BCUT2D eigenvalue weighted by Gasteiger charge is -2.08. The fourth-order valence-electron chi connectivity index (χ4n) is 2.09. The Bertz CT molecular complexity index is 526. The lowest BCUT2D eigenvalue weighted by atomic mass is 9.97. The van der Waals surface area contributed by atoms with Gasteiger partial charge in [-0.1, -0.05) is 85.0 Å². The maximum atomic E-state index is 12.4. The quantitative estimate of drug-likeness (QED) is 0.388. The van der Waals surface area contributed by atoms with Crippen LogP contribution in [0.1, 0.15) is 57.7 Å². The number of hydrogen-bond donors (Lipinski definition) is 0. The maximum Gasteiger partial charge on any atom is 0.193 e. The van der Waals surface area contributed by atoms with Crippen LogP contribution in [0, 0.1) is 0 Å². The highest BCUT2D eigenvalue weighted by Crippen LogP contribution is 2.23. The lowest BCUT2D eigenvalue weighted by molar-refractivity contribution is 0.103. The van der Waals surface area contributed by atoms with Crippen LogP contribution in [0.5, 0.6) is 0 Å². The number of carbonyl (C=O) groups is 1. The molecule has 0 aliphatic heterocycles. The molecule has 0 heterocycles. The van der Waals surface area contributed by atoms with Gasteiger partial charge in [0.25, 0.3) is 0 Å². The van der Waals surface area contributed by atoms with Gasteiger partial charge < -0.3 is 0 Å². The molecule has 2 aromatic rings. The molecule has 0 amide bonds. The molecular formula is C18H19IO. The normalized spacial score (nSPS) is 12.4. The van der Waals surface area contributed by atoms with Gasteiger partial charge in [-0.2, -0.15) is 0 Å². The van der Waals surface area contributed by atoms with E-state index in [1.807, 2.05) is 48.5 Å². The Morgan fingerprint density at radius 2 is 1.20 bits per heavy atom. The van der Waals surface area contributed by atoms with Crippen LogP contribution in [0.3, 0.4) is 0 Å². The zero-order valence-electron chi connectivity index (χ0n) is 12.1. The molecule has 0 radical (unpaired) electrons. The number of rotatable bonds is 4. The summed E-state index contributed by atoms with van der Waals surface area (Å²) in [5, 5.41) is 0. The van der Waals surface area contributed by atoms with Gasteiger partial charge in [-0.3, -0.25) is 4.79 Å². The molecule has 104 valence electrons. The highest BCUT2D eigenvalue weighted by molar-refractivity contribution is 14.1. The van der Waals surface area contributed by atoms with Gasteiger partial charge in [0.05, 0.1) is 0 Å². The monoisotopic (exact) mass is 378 g/mol. The summed E-state index contributed by atoms with van der Waals surface area (Å²) in [4.78, 5) is 12.4. The Morgan fingerprint density at radius 3 is 1.55 bits per heavy atom. The molecule has 0 N–H and O–H groups in total. The SMILES string of the molecule is CC(C)c1ccc(C(=O)c2ccc(C(C)I)cc2)cc1. The average molecular weight is 378 g/mol. The third kappa shape index (κ3) is 3.48. The minimum Gasteiger partial charge on any atom is -0.289 e. The van der Waals surface area contributed by atoms with E-state index in [1.165, 1.54) is 11.1 Å². The third-order valence-electron chi connectivity index (χ3n) is 3.47. The van der Waals surface area contributed by atoms with E-state index in [0.29, 0.717) is 9.84 Å². The van der Waals surface area contributed by atoms with Gasteiger partial charge in [-0.05, 0) is 24.0 Å². The van der Waals surface area contributed by atoms with E-state index in [-0.39, 0.29) is 5.78 Å². The van der Waals surface area contributed by atoms with Gasteiger partial charge in [0.1, 0.15) is 0 Å². The second-order valence-corrected chi connectivity index (χ2v) is 7.21. The Balaban J connectivity index is 2.22. The number of hydrogen-bond acceptors (Lipinski definition) is 1. The molecule has 2 aromatic carbocycles. The first-order valence-electron chi connectivity index (χ1n) is 6.87. The summed E-state index contributed by atoms with van der Waals surface area (Å²) in [5.41, 5.74) is 4.01. The van der Waals surface area contributed by atoms with E-state index in [2.05, 4.69) is 43.4 Å². The molecule has 2 heteroatoms. The van der Waals surface area contributed by atoms with E-state index in [9.17, 15) is 4.79 Å². The van der Waals surface area contributed by atoms with Crippen LogP contribution in [-0.4, -0.2) is 5.78 Å². The van der Waals surface area contributed by atoms with Crippen LogP contribution in [0.4, 0.5) is 0 Å². The Kier molecular flexibility index (Phi) is 4.97. The largest absolute Gasteiger partial charge is 0.289 e. The minimum atomic E-state index is 0.0907. The molecule has 2 rings (SSSR count). The molecule has 0 saturated carbocycles. The number of ketones is 1. The van der Waals surface area contributed by atoms with Gasteiger partial charge in [0.2, 0.25) is 0 Å². The van der Waals surface area contributed by atoms with Gasteiger partial charge in [0, 0.05) is 15.1 Å². The van der Waals surface area contributed by atoms with Crippen LogP contribution in [0.2, 0.25) is 0 Å². The summed E-state index contributed by atoms with van der Waals surface area (Å²) in [7, 11) is 0. The summed E-state index contributed by atoms with van der Waals surface area (Å²) in [6, 6.07) is 15.8. The number of halogens is 1. The molecule has 0 saturated heterocycles. The van der Waals surface area contributed by atoms with Crippen molar-refractivity contribution in [3.05, 3.63) is 70.8 Å². The van der Waals surface area contributed by atoms with E-state index in [1.54, 1.807) is 0 Å². The maximum absolute atomic E-state index is 12.4. The van der Waals surface area contributed by atoms with Crippen molar-refractivity contribution >= 4 is 28.4 Å². The van der Waals surface area contributed by atoms with Crippen LogP contribution >= 0.6 is 22.6 Å². The van der Waals surface area contributed by atoms with Crippen molar-refractivity contribution in [1.82, 2.24) is 0 Å². The van der Waals surface area contributed by atoms with Gasteiger partial charge in [0.15, 0.2) is 5.78 Å². The van der Waals surface area contributed by atoms with Gasteiger partial charge >= 0.3 is 0 Å². The third-order valence-corrected chi connectivity index (χ3v) is 4.19. The smallest absolute Gasteiger partial charge is 0.193 e. The van der Waals surface area contributed by atoms with E-state index in [4.69, 9.17) is 0 Å². The summed E-state index contributed by atoms with van der Waals surface area (Å²) in [6.45, 7) is 6.45. The molecule has 0 aliphatic carbocycles. The topological polar surface area (TPSA) is 17.1 Å². The molecule has 0 bridgehead atoms. The summed E-state index contributed by atoms with van der Waals surface area (Å²) >= 11 is 2.37. The van der Waals surface area contributed by atoms with Crippen molar-refractivity contribution in [1.29, 1.82) is 0 Å². The lowest BCUT2D eigenvalue weighted by Crippen LogP contribution is -2.02. The standard InChI is InChI=1S/C18H19IO/c1-12(2)14-4-8-16(9-5-14)18(20)17-10-6-15(7-11-17)13(3)19/h4-13H,1-3H3. The average Bonchev–Trinajstić information content (AvgIpc) is 2.46. The van der Waals surface area contributed by atoms with Crippen molar-refractivity contribution in [2.75, 3.05) is 0 Å². The molecule has 1 nitrogen and oxygen atoms in total. The van der Waals surface area contributed by atoms with E-state index >= 15 is 0 Å². The molecule has 0 spiro atoms. The fraction of sp³-hybridized carbons (Fsp3) is 0.278. The summed E-state index contributed by atoms with van der Waals surface area (Å²) < 4.78 is 0.460. The minimum absolute atomic E-state index is 0.0907. The van der Waals surface area contributed by atoms with Crippen molar-refractivity contribution in [3.63, 3.8) is 0 Å². The first-order valence-corrected chi connectivity index (χ1v) is 8.12. The molecule has 0 fully saturated rings. The zero-order valence-corrected chi connectivity index (χ0v) is 14.2. The number of carbonyl (C=O) groups excluding carboxylic acids is 1. The number of benzene rings is 2. The highest BCUT2D eigenvalue weighted by atomic mass is 127. The van der Waals surface area contributed by atoms with Crippen molar-refractivity contribution in [3.8, 4) is 0 Å². The second-order valence-electron chi connectivity index (χ2n) is 5.34. The predicted molar refractivity (Wildman–Crippen MR) is 92.8 cm³/mol. The van der Waals surface area contributed by atoms with E-state index in [0.717, 1.165) is 11.1 Å². The Labute approximate surface area is 134 Å². The molecule has 20 heavy (non-hydrogen) atoms. The molecule has 1 unspecified atom stereocenters. The van der Waals surface area contributed by atoms with Crippen LogP contribution in [0.15, 0.2) is 48.5 Å². The summed E-state index contributed by atoms with van der Waals surface area (Å²) in [5.74, 6) is 0.580. The first kappa shape index (κ1) is 15.2. The first-order chi connectivity index (χ1) is 9.49. The zero-order chi connectivity index (χ0) is 14.7. The second kappa shape index (κ2) is 6.53. The van der Waals surface area contributed by atoms with Gasteiger partial charge in [-0.15, -0.1) is 0 Å². The van der Waals surface area contributed by atoms with Crippen LogP contribution in [-0.2, 0) is 0 Å². The Morgan fingerprint density at radius 1 is 0.800 bits per heavy atom. The van der Waals surface area contributed by atoms with Crippen molar-refractivity contribution in [2.24, 2.45) is 0 Å². The Hall–Kier alpha value is -1.16. The summed E-state index contributed by atoms with van der Waals surface area (Å²) in [6.07, 6.45) is 0. The predicted octanol–water partition coefficient (Wildman–Crippen LogP) is 5.54. The van der Waals surface area contributed by atoms with Gasteiger partial charge in [-0.25, -0.2) is 0 Å².